The number of benzene rings is 1. The number of amides is 3. The molecule has 0 bridgehead atoms. The first-order valence-corrected chi connectivity index (χ1v) is 9.07. The van der Waals surface area contributed by atoms with Crippen LogP contribution in [0.25, 0.3) is 0 Å². The minimum Gasteiger partial charge on any atom is -0.356 e. The summed E-state index contributed by atoms with van der Waals surface area (Å²) in [5, 5.41) is 5.85. The maximum Gasteiger partial charge on any atom is 0.261 e. The van der Waals surface area contributed by atoms with E-state index in [0.717, 1.165) is 10.7 Å². The van der Waals surface area contributed by atoms with E-state index in [1.807, 2.05) is 12.3 Å². The zero-order valence-electron chi connectivity index (χ0n) is 13.9. The van der Waals surface area contributed by atoms with Crippen molar-refractivity contribution in [1.29, 1.82) is 0 Å². The summed E-state index contributed by atoms with van der Waals surface area (Å²) in [6.45, 7) is 2.74. The van der Waals surface area contributed by atoms with Crippen molar-refractivity contribution in [1.82, 2.24) is 15.2 Å². The SMILES string of the molecule is Cc1nc(CCNC(=O)CCCN2C(=O)c3ccccc3C2=O)cs1. The maximum atomic E-state index is 12.2. The number of nitrogens with one attached hydrogen (secondary N) is 1. The lowest BCUT2D eigenvalue weighted by atomic mass is 10.1. The average molecular weight is 357 g/mol. The molecule has 130 valence electrons. The smallest absolute Gasteiger partial charge is 0.261 e. The van der Waals surface area contributed by atoms with Crippen LogP contribution >= 0.6 is 11.3 Å². The molecule has 0 saturated carbocycles. The van der Waals surface area contributed by atoms with Crippen molar-refractivity contribution in [2.24, 2.45) is 0 Å². The van der Waals surface area contributed by atoms with Gasteiger partial charge >= 0.3 is 0 Å². The minimum atomic E-state index is -0.278. The summed E-state index contributed by atoms with van der Waals surface area (Å²) in [7, 11) is 0. The van der Waals surface area contributed by atoms with Gasteiger partial charge in [0.15, 0.2) is 0 Å². The number of hydrogen-bond donors (Lipinski definition) is 1. The van der Waals surface area contributed by atoms with Gasteiger partial charge in [-0.15, -0.1) is 11.3 Å². The number of fused-ring (bicyclic) bond motifs is 1. The summed E-state index contributed by atoms with van der Waals surface area (Å²) in [6.07, 6.45) is 1.44. The van der Waals surface area contributed by atoms with E-state index in [1.54, 1.807) is 35.6 Å². The third kappa shape index (κ3) is 3.93. The van der Waals surface area contributed by atoms with Gasteiger partial charge in [0.1, 0.15) is 0 Å². The number of aryl methyl sites for hydroxylation is 1. The Kier molecular flexibility index (Phi) is 5.23. The Morgan fingerprint density at radius 2 is 1.88 bits per heavy atom. The van der Waals surface area contributed by atoms with E-state index >= 15 is 0 Å². The van der Waals surface area contributed by atoms with Crippen LogP contribution in [-0.4, -0.2) is 40.7 Å². The van der Waals surface area contributed by atoms with Crippen molar-refractivity contribution >= 4 is 29.1 Å². The molecule has 1 aromatic heterocycles. The van der Waals surface area contributed by atoms with Crippen LogP contribution in [0, 0.1) is 6.92 Å². The number of hydrogen-bond acceptors (Lipinski definition) is 5. The molecule has 1 aromatic carbocycles. The van der Waals surface area contributed by atoms with Gasteiger partial charge in [0, 0.05) is 31.3 Å². The van der Waals surface area contributed by atoms with Crippen molar-refractivity contribution in [3.05, 3.63) is 51.5 Å². The van der Waals surface area contributed by atoms with Gasteiger partial charge in [-0.2, -0.15) is 0 Å². The molecule has 1 N–H and O–H groups in total. The highest BCUT2D eigenvalue weighted by Gasteiger charge is 2.34. The van der Waals surface area contributed by atoms with Crippen LogP contribution in [0.3, 0.4) is 0 Å². The molecule has 25 heavy (non-hydrogen) atoms. The molecule has 3 rings (SSSR count). The van der Waals surface area contributed by atoms with Crippen LogP contribution in [0.15, 0.2) is 29.6 Å². The fourth-order valence-electron chi connectivity index (χ4n) is 2.78. The second-order valence-corrected chi connectivity index (χ2v) is 6.93. The second-order valence-electron chi connectivity index (χ2n) is 5.87. The standard InChI is InChI=1S/C18H19N3O3S/c1-12-20-13(11-25-12)8-9-19-16(22)7-4-10-21-17(23)14-5-2-3-6-15(14)18(21)24/h2-3,5-6,11H,4,7-10H2,1H3,(H,19,22). The van der Waals surface area contributed by atoms with Crippen LogP contribution in [0.1, 0.15) is 44.3 Å². The fraction of sp³-hybridized carbons (Fsp3) is 0.333. The number of thiazole rings is 1. The van der Waals surface area contributed by atoms with Crippen LogP contribution in [0.4, 0.5) is 0 Å². The Balaban J connectivity index is 1.40. The van der Waals surface area contributed by atoms with E-state index in [4.69, 9.17) is 0 Å². The normalized spacial score (nSPS) is 13.2. The number of carbonyl (C=O) groups is 3. The zero-order valence-corrected chi connectivity index (χ0v) is 14.8. The average Bonchev–Trinajstić information content (AvgIpc) is 3.12. The van der Waals surface area contributed by atoms with Gasteiger partial charge in [-0.05, 0) is 25.5 Å². The molecule has 1 aliphatic rings. The van der Waals surface area contributed by atoms with Crippen LogP contribution in [0.5, 0.6) is 0 Å². The third-order valence-corrected chi connectivity index (χ3v) is 4.86. The predicted molar refractivity (Wildman–Crippen MR) is 94.6 cm³/mol. The molecule has 3 amide bonds. The summed E-state index contributed by atoms with van der Waals surface area (Å²) >= 11 is 1.59. The molecule has 0 atom stereocenters. The number of aromatic nitrogens is 1. The lowest BCUT2D eigenvalue weighted by Gasteiger charge is -2.13. The van der Waals surface area contributed by atoms with Gasteiger partial charge in [-0.1, -0.05) is 12.1 Å². The molecular formula is C18H19N3O3S. The molecular weight excluding hydrogens is 338 g/mol. The van der Waals surface area contributed by atoms with Gasteiger partial charge in [0.25, 0.3) is 11.8 Å². The molecule has 0 fully saturated rings. The summed E-state index contributed by atoms with van der Waals surface area (Å²) in [6, 6.07) is 6.79. The first kappa shape index (κ1) is 17.3. The van der Waals surface area contributed by atoms with Crippen molar-refractivity contribution in [3.63, 3.8) is 0 Å². The van der Waals surface area contributed by atoms with Crippen molar-refractivity contribution in [3.8, 4) is 0 Å². The molecule has 0 unspecified atom stereocenters. The highest BCUT2D eigenvalue weighted by Crippen LogP contribution is 2.22. The lowest BCUT2D eigenvalue weighted by molar-refractivity contribution is -0.121. The van der Waals surface area contributed by atoms with Gasteiger partial charge < -0.3 is 5.32 Å². The number of carbonyl (C=O) groups excluding carboxylic acids is 3. The van der Waals surface area contributed by atoms with E-state index in [2.05, 4.69) is 10.3 Å². The van der Waals surface area contributed by atoms with Crippen LogP contribution in [-0.2, 0) is 11.2 Å². The molecule has 0 spiro atoms. The summed E-state index contributed by atoms with van der Waals surface area (Å²) in [4.78, 5) is 41.9. The predicted octanol–water partition coefficient (Wildman–Crippen LogP) is 2.19. The highest BCUT2D eigenvalue weighted by molar-refractivity contribution is 7.09. The first-order valence-electron chi connectivity index (χ1n) is 8.19. The van der Waals surface area contributed by atoms with E-state index < -0.39 is 0 Å². The molecule has 2 heterocycles. The largest absolute Gasteiger partial charge is 0.356 e. The van der Waals surface area contributed by atoms with Gasteiger partial charge in [0.05, 0.1) is 21.8 Å². The van der Waals surface area contributed by atoms with Crippen molar-refractivity contribution in [2.45, 2.75) is 26.2 Å². The Labute approximate surface area is 149 Å². The van der Waals surface area contributed by atoms with E-state index in [-0.39, 0.29) is 30.7 Å². The Bertz CT molecular complexity index is 780. The minimum absolute atomic E-state index is 0.0800. The Morgan fingerprint density at radius 1 is 1.20 bits per heavy atom. The highest BCUT2D eigenvalue weighted by atomic mass is 32.1. The van der Waals surface area contributed by atoms with Gasteiger partial charge in [-0.25, -0.2) is 4.98 Å². The molecule has 0 radical (unpaired) electrons. The summed E-state index contributed by atoms with van der Waals surface area (Å²) < 4.78 is 0. The fourth-order valence-corrected chi connectivity index (χ4v) is 3.43. The molecule has 7 heteroatoms. The van der Waals surface area contributed by atoms with Gasteiger partial charge in [0.2, 0.25) is 5.91 Å². The maximum absolute atomic E-state index is 12.2. The zero-order chi connectivity index (χ0) is 17.8. The molecule has 0 saturated heterocycles. The van der Waals surface area contributed by atoms with E-state index in [0.29, 0.717) is 30.5 Å². The molecule has 1 aliphatic heterocycles. The van der Waals surface area contributed by atoms with Crippen LogP contribution < -0.4 is 5.32 Å². The van der Waals surface area contributed by atoms with Crippen molar-refractivity contribution in [2.75, 3.05) is 13.1 Å². The van der Waals surface area contributed by atoms with E-state index in [1.165, 1.54) is 4.90 Å². The van der Waals surface area contributed by atoms with Crippen LogP contribution in [0.2, 0.25) is 0 Å². The second kappa shape index (κ2) is 7.57. The number of rotatable bonds is 7. The Hall–Kier alpha value is -2.54. The van der Waals surface area contributed by atoms with Gasteiger partial charge in [-0.3, -0.25) is 19.3 Å². The quantitative estimate of drug-likeness (QED) is 0.771. The third-order valence-electron chi connectivity index (χ3n) is 4.03. The van der Waals surface area contributed by atoms with E-state index in [9.17, 15) is 14.4 Å². The number of nitrogens with zero attached hydrogens (tertiary/aromatic N) is 2. The summed E-state index contributed by atoms with van der Waals surface area (Å²) in [5.74, 6) is -0.636. The summed E-state index contributed by atoms with van der Waals surface area (Å²) in [5.41, 5.74) is 1.86. The van der Waals surface area contributed by atoms with Crippen molar-refractivity contribution < 1.29 is 14.4 Å². The topological polar surface area (TPSA) is 79.4 Å². The Morgan fingerprint density at radius 3 is 2.48 bits per heavy atom. The first-order chi connectivity index (χ1) is 12.1. The monoisotopic (exact) mass is 357 g/mol. The lowest BCUT2D eigenvalue weighted by Crippen LogP contribution is -2.32. The molecule has 0 aliphatic carbocycles. The number of imide groups is 1. The molecule has 2 aromatic rings. The molecule has 6 nitrogen and oxygen atoms in total.